The van der Waals surface area contributed by atoms with Crippen molar-refractivity contribution in [2.75, 3.05) is 11.9 Å². The average molecular weight is 367 g/mol. The summed E-state index contributed by atoms with van der Waals surface area (Å²) in [6.45, 7) is 3.96. The number of aryl methyl sites for hydroxylation is 2. The van der Waals surface area contributed by atoms with Gasteiger partial charge in [-0.15, -0.1) is 0 Å². The summed E-state index contributed by atoms with van der Waals surface area (Å²) in [4.78, 5) is 24.2. The molecule has 7 heteroatoms. The molecule has 27 heavy (non-hydrogen) atoms. The number of esters is 1. The van der Waals surface area contributed by atoms with Crippen LogP contribution in [0.3, 0.4) is 0 Å². The van der Waals surface area contributed by atoms with Gasteiger partial charge in [0.15, 0.2) is 6.61 Å². The van der Waals surface area contributed by atoms with Crippen molar-refractivity contribution < 1.29 is 18.7 Å². The molecule has 140 valence electrons. The fraction of sp³-hybridized carbons (Fsp3) is 0.250. The number of aromatic nitrogens is 2. The second-order valence-corrected chi connectivity index (χ2v) is 6.06. The summed E-state index contributed by atoms with van der Waals surface area (Å²) in [6.07, 6.45) is 4.25. The van der Waals surface area contributed by atoms with Crippen molar-refractivity contribution in [1.29, 1.82) is 0 Å². The Morgan fingerprint density at radius 2 is 2.07 bits per heavy atom. The predicted molar refractivity (Wildman–Crippen MR) is 99.5 cm³/mol. The standard InChI is InChI=1S/C20H21N3O4/c1-3-15-7-4-6-14(2)19(15)22-18(24)13-26-20(25)17-9-8-16(27-17)12-23-11-5-10-21-23/h4-11H,3,12-13H2,1-2H3,(H,22,24). The van der Waals surface area contributed by atoms with Gasteiger partial charge in [-0.25, -0.2) is 4.79 Å². The van der Waals surface area contributed by atoms with E-state index in [0.717, 1.165) is 23.2 Å². The number of hydrogen-bond donors (Lipinski definition) is 1. The van der Waals surface area contributed by atoms with Crippen LogP contribution in [-0.2, 0) is 22.5 Å². The Bertz CT molecular complexity index is 929. The van der Waals surface area contributed by atoms with Crippen LogP contribution in [0, 0.1) is 6.92 Å². The van der Waals surface area contributed by atoms with Crippen LogP contribution < -0.4 is 5.32 Å². The van der Waals surface area contributed by atoms with Gasteiger partial charge in [-0.05, 0) is 42.7 Å². The molecule has 0 radical (unpaired) electrons. The van der Waals surface area contributed by atoms with Gasteiger partial charge in [-0.2, -0.15) is 5.10 Å². The number of anilines is 1. The average Bonchev–Trinajstić information content (AvgIpc) is 3.34. The van der Waals surface area contributed by atoms with Crippen molar-refractivity contribution in [3.63, 3.8) is 0 Å². The third kappa shape index (κ3) is 4.63. The van der Waals surface area contributed by atoms with Gasteiger partial charge >= 0.3 is 5.97 Å². The highest BCUT2D eigenvalue weighted by Crippen LogP contribution is 2.21. The Hall–Kier alpha value is -3.35. The van der Waals surface area contributed by atoms with Gasteiger partial charge in [0.05, 0.1) is 6.54 Å². The molecule has 7 nitrogen and oxygen atoms in total. The molecule has 0 atom stereocenters. The zero-order valence-corrected chi connectivity index (χ0v) is 15.3. The van der Waals surface area contributed by atoms with E-state index in [1.807, 2.05) is 32.0 Å². The van der Waals surface area contributed by atoms with Crippen LogP contribution in [0.4, 0.5) is 5.69 Å². The number of nitrogens with zero attached hydrogens (tertiary/aromatic N) is 2. The Balaban J connectivity index is 1.55. The lowest BCUT2D eigenvalue weighted by Gasteiger charge is -2.12. The fourth-order valence-electron chi connectivity index (χ4n) is 2.71. The predicted octanol–water partition coefficient (Wildman–Crippen LogP) is 3.19. The summed E-state index contributed by atoms with van der Waals surface area (Å²) in [6, 6.07) is 10.8. The number of benzene rings is 1. The highest BCUT2D eigenvalue weighted by atomic mass is 16.5. The van der Waals surface area contributed by atoms with Crippen LogP contribution in [0.15, 0.2) is 53.2 Å². The molecule has 3 rings (SSSR count). The summed E-state index contributed by atoms with van der Waals surface area (Å²) in [5.74, 6) is -0.453. The summed E-state index contributed by atoms with van der Waals surface area (Å²) in [5, 5.41) is 6.89. The molecular formula is C20H21N3O4. The molecule has 0 saturated heterocycles. The van der Waals surface area contributed by atoms with E-state index in [0.29, 0.717) is 12.3 Å². The molecule has 0 fully saturated rings. The van der Waals surface area contributed by atoms with Gasteiger partial charge in [-0.3, -0.25) is 9.48 Å². The first-order chi connectivity index (χ1) is 13.1. The lowest BCUT2D eigenvalue weighted by Crippen LogP contribution is -2.22. The molecule has 2 heterocycles. The third-order valence-corrected chi connectivity index (χ3v) is 4.08. The summed E-state index contributed by atoms with van der Waals surface area (Å²) >= 11 is 0. The number of carbonyl (C=O) groups excluding carboxylic acids is 2. The number of rotatable bonds is 7. The fourth-order valence-corrected chi connectivity index (χ4v) is 2.71. The molecule has 1 amide bonds. The molecular weight excluding hydrogens is 346 g/mol. The molecule has 3 aromatic rings. The van der Waals surface area contributed by atoms with Crippen molar-refractivity contribution in [2.45, 2.75) is 26.8 Å². The van der Waals surface area contributed by atoms with E-state index in [1.165, 1.54) is 6.07 Å². The molecule has 0 bridgehead atoms. The smallest absolute Gasteiger partial charge is 0.374 e. The van der Waals surface area contributed by atoms with Gasteiger partial charge in [-0.1, -0.05) is 25.1 Å². The van der Waals surface area contributed by atoms with Crippen molar-refractivity contribution >= 4 is 17.6 Å². The molecule has 1 aromatic carbocycles. The van der Waals surface area contributed by atoms with Crippen molar-refractivity contribution in [1.82, 2.24) is 9.78 Å². The Morgan fingerprint density at radius 3 is 2.81 bits per heavy atom. The Morgan fingerprint density at radius 1 is 1.22 bits per heavy atom. The second-order valence-electron chi connectivity index (χ2n) is 6.06. The van der Waals surface area contributed by atoms with Gasteiger partial charge in [0, 0.05) is 18.1 Å². The minimum Gasteiger partial charge on any atom is -0.452 e. The zero-order chi connectivity index (χ0) is 19.2. The maximum absolute atomic E-state index is 12.2. The van der Waals surface area contributed by atoms with Gasteiger partial charge in [0.2, 0.25) is 5.76 Å². The van der Waals surface area contributed by atoms with Gasteiger partial charge < -0.3 is 14.5 Å². The maximum atomic E-state index is 12.2. The van der Waals surface area contributed by atoms with Crippen molar-refractivity contribution in [2.24, 2.45) is 0 Å². The Kier molecular flexibility index (Phi) is 5.71. The summed E-state index contributed by atoms with van der Waals surface area (Å²) in [7, 11) is 0. The lowest BCUT2D eigenvalue weighted by molar-refractivity contribution is -0.119. The monoisotopic (exact) mass is 367 g/mol. The van der Waals surface area contributed by atoms with Gasteiger partial charge in [0.1, 0.15) is 5.76 Å². The quantitative estimate of drug-likeness (QED) is 0.648. The van der Waals surface area contributed by atoms with E-state index in [1.54, 1.807) is 29.2 Å². The largest absolute Gasteiger partial charge is 0.452 e. The van der Waals surface area contributed by atoms with Crippen LogP contribution in [0.5, 0.6) is 0 Å². The summed E-state index contributed by atoms with van der Waals surface area (Å²) in [5.41, 5.74) is 2.76. The topological polar surface area (TPSA) is 86.4 Å². The van der Waals surface area contributed by atoms with Crippen LogP contribution in [0.1, 0.15) is 34.4 Å². The SMILES string of the molecule is CCc1cccc(C)c1NC(=O)COC(=O)c1ccc(Cn2cccn2)o1. The first-order valence-corrected chi connectivity index (χ1v) is 8.68. The van der Waals surface area contributed by atoms with E-state index in [2.05, 4.69) is 10.4 Å². The number of amides is 1. The molecule has 0 aliphatic rings. The van der Waals surface area contributed by atoms with Gasteiger partial charge in [0.25, 0.3) is 5.91 Å². The number of para-hydroxylation sites is 1. The Labute approximate surface area is 156 Å². The number of ether oxygens (including phenoxy) is 1. The van der Waals surface area contributed by atoms with Crippen LogP contribution >= 0.6 is 0 Å². The number of nitrogens with one attached hydrogen (secondary N) is 1. The third-order valence-electron chi connectivity index (χ3n) is 4.08. The number of hydrogen-bond acceptors (Lipinski definition) is 5. The number of carbonyl (C=O) groups is 2. The molecule has 0 aliphatic heterocycles. The second kappa shape index (κ2) is 8.35. The first-order valence-electron chi connectivity index (χ1n) is 8.68. The first kappa shape index (κ1) is 18.4. The van der Waals surface area contributed by atoms with E-state index >= 15 is 0 Å². The van der Waals surface area contributed by atoms with Crippen LogP contribution in [0.25, 0.3) is 0 Å². The number of furan rings is 1. The summed E-state index contributed by atoms with van der Waals surface area (Å²) < 4.78 is 12.2. The molecule has 2 aromatic heterocycles. The molecule has 0 spiro atoms. The van der Waals surface area contributed by atoms with E-state index in [9.17, 15) is 9.59 Å². The van der Waals surface area contributed by atoms with E-state index < -0.39 is 11.9 Å². The lowest BCUT2D eigenvalue weighted by atomic mass is 10.1. The normalized spacial score (nSPS) is 10.6. The van der Waals surface area contributed by atoms with Crippen LogP contribution in [0.2, 0.25) is 0 Å². The maximum Gasteiger partial charge on any atom is 0.374 e. The van der Waals surface area contributed by atoms with Crippen LogP contribution in [-0.4, -0.2) is 28.3 Å². The van der Waals surface area contributed by atoms with Crippen molar-refractivity contribution in [3.8, 4) is 0 Å². The minimum absolute atomic E-state index is 0.0510. The molecule has 1 N–H and O–H groups in total. The zero-order valence-electron chi connectivity index (χ0n) is 15.3. The molecule has 0 saturated carbocycles. The van der Waals surface area contributed by atoms with E-state index in [4.69, 9.17) is 9.15 Å². The molecule has 0 aliphatic carbocycles. The van der Waals surface area contributed by atoms with E-state index in [-0.39, 0.29) is 12.4 Å². The highest BCUT2D eigenvalue weighted by Gasteiger charge is 2.16. The minimum atomic E-state index is -0.683. The highest BCUT2D eigenvalue weighted by molar-refractivity contribution is 5.95. The van der Waals surface area contributed by atoms with Crippen molar-refractivity contribution in [3.05, 3.63) is 71.4 Å². The molecule has 0 unspecified atom stereocenters.